The van der Waals surface area contributed by atoms with Crippen LogP contribution >= 0.6 is 0 Å². The molecule has 0 amide bonds. The molecule has 2 aromatic carbocycles. The van der Waals surface area contributed by atoms with Crippen molar-refractivity contribution in [2.45, 2.75) is 30.1 Å². The zero-order valence-electron chi connectivity index (χ0n) is 14.7. The van der Waals surface area contributed by atoms with E-state index in [1.807, 2.05) is 0 Å². The summed E-state index contributed by atoms with van der Waals surface area (Å²) in [7, 11) is 0. The zero-order chi connectivity index (χ0) is 24.2. The molecule has 0 spiro atoms. The molecule has 14 heteroatoms. The van der Waals surface area contributed by atoms with Gasteiger partial charge in [-0.05, 0) is 41.5 Å². The Morgan fingerprint density at radius 3 is 1.42 bits per heavy atom. The number of halogens is 12. The monoisotopic (exact) mass is 470 g/mol. The summed E-state index contributed by atoms with van der Waals surface area (Å²) >= 11 is 0. The fourth-order valence-corrected chi connectivity index (χ4v) is 3.05. The van der Waals surface area contributed by atoms with Crippen LogP contribution in [0.5, 0.6) is 0 Å². The smallest absolute Gasteiger partial charge is 0.399 e. The number of benzene rings is 2. The van der Waals surface area contributed by atoms with Crippen LogP contribution in [0.1, 0.15) is 22.3 Å². The lowest BCUT2D eigenvalue weighted by molar-refractivity contribution is -0.288. The minimum atomic E-state index is -6.43. The van der Waals surface area contributed by atoms with Gasteiger partial charge in [0.25, 0.3) is 0 Å². The second-order valence-corrected chi connectivity index (χ2v) is 6.39. The fourth-order valence-electron chi connectivity index (χ4n) is 3.05. The highest BCUT2D eigenvalue weighted by molar-refractivity contribution is 5.57. The Hall–Kier alpha value is -2.80. The molecule has 4 N–H and O–H groups in total. The third kappa shape index (κ3) is 4.19. The van der Waals surface area contributed by atoms with Gasteiger partial charge in [0, 0.05) is 11.4 Å². The molecular weight excluding hydrogens is 460 g/mol. The van der Waals surface area contributed by atoms with E-state index in [9.17, 15) is 52.7 Å². The van der Waals surface area contributed by atoms with E-state index in [0.29, 0.717) is 0 Å². The van der Waals surface area contributed by atoms with Gasteiger partial charge in [0.1, 0.15) is 0 Å². The van der Waals surface area contributed by atoms with Gasteiger partial charge >= 0.3 is 24.7 Å². The van der Waals surface area contributed by atoms with Crippen LogP contribution in [-0.2, 0) is 17.8 Å². The van der Waals surface area contributed by atoms with E-state index in [2.05, 4.69) is 0 Å². The number of nitrogen functional groups attached to an aromatic ring is 2. The average molecular weight is 470 g/mol. The zero-order valence-corrected chi connectivity index (χ0v) is 14.7. The number of hydrogen-bond acceptors (Lipinski definition) is 2. The second kappa shape index (κ2) is 7.12. The van der Waals surface area contributed by atoms with E-state index < -0.39 is 75.9 Å². The van der Waals surface area contributed by atoms with Crippen molar-refractivity contribution in [2.75, 3.05) is 11.5 Å². The summed E-state index contributed by atoms with van der Waals surface area (Å²) in [4.78, 5) is 0. The van der Waals surface area contributed by atoms with Crippen LogP contribution < -0.4 is 11.5 Å². The number of nitrogens with two attached hydrogens (primary N) is 2. The van der Waals surface area contributed by atoms with Gasteiger partial charge in [0.15, 0.2) is 0 Å². The molecule has 172 valence electrons. The van der Waals surface area contributed by atoms with Gasteiger partial charge in [-0.3, -0.25) is 0 Å². The highest BCUT2D eigenvalue weighted by Gasteiger charge is 2.73. The summed E-state index contributed by atoms with van der Waals surface area (Å²) in [6, 6.07) is -0.720. The maximum atomic E-state index is 14.0. The average Bonchev–Trinajstić information content (AvgIpc) is 2.51. The van der Waals surface area contributed by atoms with Gasteiger partial charge in [-0.15, -0.1) is 0 Å². The van der Waals surface area contributed by atoms with Crippen molar-refractivity contribution in [3.05, 3.63) is 58.7 Å². The molecule has 0 aliphatic rings. The minimum Gasteiger partial charge on any atom is -0.399 e. The van der Waals surface area contributed by atoms with E-state index in [1.165, 1.54) is 0 Å². The van der Waals surface area contributed by atoms with Crippen LogP contribution in [0.2, 0.25) is 0 Å². The fraction of sp³-hybridized carbons (Fsp3) is 0.294. The largest absolute Gasteiger partial charge is 0.418 e. The molecule has 0 aliphatic carbocycles. The third-order valence-electron chi connectivity index (χ3n) is 4.36. The van der Waals surface area contributed by atoms with Gasteiger partial charge in [0.2, 0.25) is 5.41 Å². The molecule has 0 atom stereocenters. The van der Waals surface area contributed by atoms with Crippen LogP contribution in [-0.4, -0.2) is 12.4 Å². The first kappa shape index (κ1) is 24.5. The Morgan fingerprint density at radius 1 is 0.516 bits per heavy atom. The maximum absolute atomic E-state index is 14.0. The molecule has 0 heterocycles. The van der Waals surface area contributed by atoms with E-state index in [4.69, 9.17) is 11.5 Å². The van der Waals surface area contributed by atoms with Gasteiger partial charge in [-0.1, -0.05) is 6.07 Å². The molecular formula is C17H10F12N2. The van der Waals surface area contributed by atoms with Gasteiger partial charge in [0.05, 0.1) is 11.1 Å². The molecule has 0 aromatic heterocycles. The summed E-state index contributed by atoms with van der Waals surface area (Å²) in [5, 5.41) is 0. The Bertz CT molecular complexity index is 953. The van der Waals surface area contributed by atoms with Crippen molar-refractivity contribution >= 4 is 11.4 Å². The lowest BCUT2D eigenvalue weighted by atomic mass is 9.72. The topological polar surface area (TPSA) is 52.0 Å². The number of rotatable bonds is 2. The molecule has 0 bridgehead atoms. The predicted molar refractivity (Wildman–Crippen MR) is 84.6 cm³/mol. The molecule has 0 radical (unpaired) electrons. The van der Waals surface area contributed by atoms with E-state index in [0.717, 1.165) is 0 Å². The van der Waals surface area contributed by atoms with E-state index in [1.54, 1.807) is 0 Å². The number of anilines is 2. The normalized spacial score (nSPS) is 14.1. The van der Waals surface area contributed by atoms with Crippen molar-refractivity contribution in [3.8, 4) is 0 Å². The molecule has 0 saturated carbocycles. The maximum Gasteiger partial charge on any atom is 0.418 e. The molecule has 2 aromatic rings. The summed E-state index contributed by atoms with van der Waals surface area (Å²) in [6.45, 7) is 0. The standard InChI is InChI=1S/C17H10F12N2/c18-14(19,20)9-3-8(4-10(30)5-9)13(16(24,25)26,17(27,28)29)7-1-2-12(31)11(6-7)15(21,22)23/h1-6H,30-31H2. The SMILES string of the molecule is Nc1cc(C(F)(F)F)cc(C(c2ccc(N)c(C(F)(F)F)c2)(C(F)(F)F)C(F)(F)F)c1. The summed E-state index contributed by atoms with van der Waals surface area (Å²) < 4.78 is 162. The molecule has 0 saturated heterocycles. The first-order valence-corrected chi connectivity index (χ1v) is 7.82. The molecule has 2 nitrogen and oxygen atoms in total. The highest BCUT2D eigenvalue weighted by atomic mass is 19.4. The number of alkyl halides is 12. The first-order chi connectivity index (χ1) is 13.7. The molecule has 0 aliphatic heterocycles. The summed E-state index contributed by atoms with van der Waals surface area (Å²) in [5.74, 6) is 0. The summed E-state index contributed by atoms with van der Waals surface area (Å²) in [5.41, 5.74) is -5.51. The lowest BCUT2D eigenvalue weighted by Gasteiger charge is -2.39. The minimum absolute atomic E-state index is 0.0159. The van der Waals surface area contributed by atoms with Crippen LogP contribution in [0, 0.1) is 0 Å². The van der Waals surface area contributed by atoms with Crippen molar-refractivity contribution in [1.82, 2.24) is 0 Å². The third-order valence-corrected chi connectivity index (χ3v) is 4.36. The van der Waals surface area contributed by atoms with E-state index >= 15 is 0 Å². The molecule has 31 heavy (non-hydrogen) atoms. The highest BCUT2D eigenvalue weighted by Crippen LogP contribution is 2.57. The predicted octanol–water partition coefficient (Wildman–Crippen LogP) is 6.30. The second-order valence-electron chi connectivity index (χ2n) is 6.39. The van der Waals surface area contributed by atoms with Gasteiger partial charge < -0.3 is 11.5 Å². The van der Waals surface area contributed by atoms with Crippen molar-refractivity contribution in [3.63, 3.8) is 0 Å². The van der Waals surface area contributed by atoms with Crippen LogP contribution in [0.3, 0.4) is 0 Å². The van der Waals surface area contributed by atoms with Gasteiger partial charge in [-0.25, -0.2) is 0 Å². The van der Waals surface area contributed by atoms with Crippen LogP contribution in [0.25, 0.3) is 0 Å². The summed E-state index contributed by atoms with van der Waals surface area (Å²) in [6.07, 6.45) is -23.7. The Labute approximate surface area is 165 Å². The molecule has 0 unspecified atom stereocenters. The lowest BCUT2D eigenvalue weighted by Crippen LogP contribution is -2.55. The van der Waals surface area contributed by atoms with Crippen LogP contribution in [0.4, 0.5) is 64.1 Å². The molecule has 2 rings (SSSR count). The van der Waals surface area contributed by atoms with Crippen LogP contribution in [0.15, 0.2) is 36.4 Å². The van der Waals surface area contributed by atoms with Crippen molar-refractivity contribution in [1.29, 1.82) is 0 Å². The Balaban J connectivity index is 3.08. The Kier molecular flexibility index (Phi) is 5.62. The van der Waals surface area contributed by atoms with Crippen molar-refractivity contribution in [2.24, 2.45) is 0 Å². The molecule has 0 fully saturated rings. The van der Waals surface area contributed by atoms with Gasteiger partial charge in [-0.2, -0.15) is 52.7 Å². The first-order valence-electron chi connectivity index (χ1n) is 7.82. The Morgan fingerprint density at radius 2 is 1.00 bits per heavy atom. The van der Waals surface area contributed by atoms with E-state index in [-0.39, 0.29) is 24.3 Å². The van der Waals surface area contributed by atoms with Crippen molar-refractivity contribution < 1.29 is 52.7 Å². The number of hydrogen-bond donors (Lipinski definition) is 2. The quantitative estimate of drug-likeness (QED) is 0.400.